The van der Waals surface area contributed by atoms with E-state index in [-0.39, 0.29) is 19.4 Å². The Labute approximate surface area is 107 Å². The molecular weight excluding hydrogens is 236 g/mol. The Morgan fingerprint density at radius 1 is 1.11 bits per heavy atom. The maximum atomic E-state index is 11.2. The van der Waals surface area contributed by atoms with Crippen molar-refractivity contribution in [1.82, 2.24) is 0 Å². The summed E-state index contributed by atoms with van der Waals surface area (Å²) in [7, 11) is 0. The molecule has 18 heavy (non-hydrogen) atoms. The van der Waals surface area contributed by atoms with E-state index >= 15 is 0 Å². The molecule has 5 heteroatoms. The van der Waals surface area contributed by atoms with E-state index in [0.29, 0.717) is 6.61 Å². The molecule has 0 aromatic carbocycles. The van der Waals surface area contributed by atoms with Crippen LogP contribution in [0.15, 0.2) is 12.7 Å². The Kier molecular flexibility index (Phi) is 9.54. The third kappa shape index (κ3) is 8.50. The van der Waals surface area contributed by atoms with Crippen molar-refractivity contribution in [3.05, 3.63) is 12.7 Å². The summed E-state index contributed by atoms with van der Waals surface area (Å²) in [4.78, 5) is 33.3. The molecule has 0 rings (SSSR count). The van der Waals surface area contributed by atoms with Crippen LogP contribution in [0.4, 0.5) is 0 Å². The topological polar surface area (TPSA) is 69.7 Å². The molecule has 0 radical (unpaired) electrons. The summed E-state index contributed by atoms with van der Waals surface area (Å²) in [5.74, 6) is -2.05. The minimum Gasteiger partial charge on any atom is -0.466 e. The smallest absolute Gasteiger partial charge is 0.374 e. The molecule has 0 aliphatic rings. The van der Waals surface area contributed by atoms with Crippen molar-refractivity contribution in [2.24, 2.45) is 0 Å². The number of carbonyl (C=O) groups excluding carboxylic acids is 3. The third-order valence-electron chi connectivity index (χ3n) is 2.12. The van der Waals surface area contributed by atoms with Crippen molar-refractivity contribution in [3.63, 3.8) is 0 Å². The Bertz CT molecular complexity index is 296. The molecule has 0 atom stereocenters. The Hall–Kier alpha value is -1.65. The molecule has 102 valence electrons. The van der Waals surface area contributed by atoms with Crippen LogP contribution in [0.25, 0.3) is 0 Å². The number of ether oxygens (including phenoxy) is 2. The van der Waals surface area contributed by atoms with E-state index in [1.165, 1.54) is 0 Å². The van der Waals surface area contributed by atoms with Crippen LogP contribution in [0.1, 0.15) is 39.0 Å². The number of rotatable bonds is 10. The number of hydrogen-bond donors (Lipinski definition) is 0. The van der Waals surface area contributed by atoms with E-state index in [0.717, 1.165) is 19.3 Å². The van der Waals surface area contributed by atoms with Crippen LogP contribution in [0, 0.1) is 0 Å². The molecule has 0 aromatic rings. The molecule has 0 amide bonds. The minimum absolute atomic E-state index is 0.0842. The molecule has 0 saturated heterocycles. The number of unbranched alkanes of at least 4 members (excludes halogenated alkanes) is 2. The molecule has 0 bridgehead atoms. The Balaban J connectivity index is 3.60. The van der Waals surface area contributed by atoms with Gasteiger partial charge in [0.1, 0.15) is 0 Å². The highest BCUT2D eigenvalue weighted by atomic mass is 16.5. The molecule has 0 aliphatic heterocycles. The van der Waals surface area contributed by atoms with Crippen LogP contribution in [-0.2, 0) is 23.9 Å². The first kappa shape index (κ1) is 16.4. The number of hydrogen-bond acceptors (Lipinski definition) is 5. The van der Waals surface area contributed by atoms with Crippen molar-refractivity contribution in [3.8, 4) is 0 Å². The molecule has 0 aromatic heterocycles. The van der Waals surface area contributed by atoms with Crippen molar-refractivity contribution in [2.45, 2.75) is 39.0 Å². The van der Waals surface area contributed by atoms with Gasteiger partial charge < -0.3 is 9.47 Å². The highest BCUT2D eigenvalue weighted by Gasteiger charge is 2.16. The highest BCUT2D eigenvalue weighted by Crippen LogP contribution is 2.00. The lowest BCUT2D eigenvalue weighted by atomic mass is 10.2. The van der Waals surface area contributed by atoms with E-state index in [1.54, 1.807) is 13.0 Å². The average Bonchev–Trinajstić information content (AvgIpc) is 2.36. The number of ketones is 1. The maximum Gasteiger partial charge on any atom is 0.374 e. The summed E-state index contributed by atoms with van der Waals surface area (Å²) in [6.07, 6.45) is 4.13. The fourth-order valence-electron chi connectivity index (χ4n) is 1.18. The van der Waals surface area contributed by atoms with Gasteiger partial charge in [0.15, 0.2) is 0 Å². The van der Waals surface area contributed by atoms with Crippen LogP contribution in [0.3, 0.4) is 0 Å². The van der Waals surface area contributed by atoms with Crippen LogP contribution >= 0.6 is 0 Å². The van der Waals surface area contributed by atoms with Crippen LogP contribution in [-0.4, -0.2) is 30.9 Å². The molecule has 0 unspecified atom stereocenters. The lowest BCUT2D eigenvalue weighted by Crippen LogP contribution is -2.18. The quantitative estimate of drug-likeness (QED) is 0.258. The first-order valence-electron chi connectivity index (χ1n) is 6.08. The lowest BCUT2D eigenvalue weighted by Gasteiger charge is -2.03. The van der Waals surface area contributed by atoms with Gasteiger partial charge in [-0.1, -0.05) is 6.08 Å². The molecular formula is C13H20O5. The van der Waals surface area contributed by atoms with Gasteiger partial charge >= 0.3 is 11.9 Å². The van der Waals surface area contributed by atoms with Crippen molar-refractivity contribution in [2.75, 3.05) is 13.2 Å². The molecule has 5 nitrogen and oxygen atoms in total. The first-order chi connectivity index (χ1) is 8.61. The lowest BCUT2D eigenvalue weighted by molar-refractivity contribution is -0.154. The van der Waals surface area contributed by atoms with E-state index < -0.39 is 17.7 Å². The second-order valence-corrected chi connectivity index (χ2v) is 3.65. The zero-order chi connectivity index (χ0) is 13.8. The minimum atomic E-state index is -0.892. The van der Waals surface area contributed by atoms with Gasteiger partial charge in [0.05, 0.1) is 19.6 Å². The molecule has 0 saturated carbocycles. The molecule has 0 fully saturated rings. The Morgan fingerprint density at radius 2 is 1.83 bits per heavy atom. The van der Waals surface area contributed by atoms with Crippen molar-refractivity contribution < 1.29 is 23.9 Å². The van der Waals surface area contributed by atoms with Gasteiger partial charge in [0.2, 0.25) is 5.78 Å². The van der Waals surface area contributed by atoms with Crippen molar-refractivity contribution >= 4 is 17.7 Å². The highest BCUT2D eigenvalue weighted by molar-refractivity contribution is 6.33. The van der Waals surface area contributed by atoms with E-state index in [2.05, 4.69) is 11.3 Å². The van der Waals surface area contributed by atoms with E-state index in [1.807, 2.05) is 0 Å². The fraction of sp³-hybridized carbons (Fsp3) is 0.615. The number of carbonyl (C=O) groups is 3. The second-order valence-electron chi connectivity index (χ2n) is 3.65. The summed E-state index contributed by atoms with van der Waals surface area (Å²) < 4.78 is 9.41. The van der Waals surface area contributed by atoms with E-state index in [4.69, 9.17) is 4.74 Å². The largest absolute Gasteiger partial charge is 0.466 e. The van der Waals surface area contributed by atoms with Gasteiger partial charge in [-0.15, -0.1) is 6.58 Å². The maximum absolute atomic E-state index is 11.2. The van der Waals surface area contributed by atoms with Crippen LogP contribution in [0.2, 0.25) is 0 Å². The fourth-order valence-corrected chi connectivity index (χ4v) is 1.18. The monoisotopic (exact) mass is 256 g/mol. The zero-order valence-corrected chi connectivity index (χ0v) is 10.8. The average molecular weight is 256 g/mol. The SMILES string of the molecule is C=CCCCCOC(=O)CCC(=O)C(=O)OCC. The number of esters is 2. The summed E-state index contributed by atoms with van der Waals surface area (Å²) in [6, 6.07) is 0. The van der Waals surface area contributed by atoms with Gasteiger partial charge in [-0.2, -0.15) is 0 Å². The van der Waals surface area contributed by atoms with Gasteiger partial charge in [0.25, 0.3) is 0 Å². The van der Waals surface area contributed by atoms with E-state index in [9.17, 15) is 14.4 Å². The van der Waals surface area contributed by atoms with Gasteiger partial charge in [-0.25, -0.2) is 4.79 Å². The standard InChI is InChI=1S/C13H20O5/c1-3-5-6-7-10-18-12(15)9-8-11(14)13(16)17-4-2/h3H,1,4-10H2,2H3. The number of Topliss-reactive ketones (excluding diaryl/α,β-unsaturated/α-hetero) is 1. The molecule has 0 spiro atoms. The predicted octanol–water partition coefficient (Wildman–Crippen LogP) is 1.80. The third-order valence-corrected chi connectivity index (χ3v) is 2.12. The van der Waals surface area contributed by atoms with Gasteiger partial charge in [-0.05, 0) is 26.2 Å². The zero-order valence-electron chi connectivity index (χ0n) is 10.8. The second kappa shape index (κ2) is 10.5. The normalized spacial score (nSPS) is 9.61. The van der Waals surface area contributed by atoms with Crippen LogP contribution < -0.4 is 0 Å². The van der Waals surface area contributed by atoms with Gasteiger partial charge in [-0.3, -0.25) is 9.59 Å². The summed E-state index contributed by atoms with van der Waals surface area (Å²) in [6.45, 7) is 5.68. The van der Waals surface area contributed by atoms with Gasteiger partial charge in [0, 0.05) is 6.42 Å². The van der Waals surface area contributed by atoms with Crippen LogP contribution in [0.5, 0.6) is 0 Å². The first-order valence-corrected chi connectivity index (χ1v) is 6.08. The Morgan fingerprint density at radius 3 is 2.44 bits per heavy atom. The van der Waals surface area contributed by atoms with Crippen molar-refractivity contribution in [1.29, 1.82) is 0 Å². The molecule has 0 aliphatic carbocycles. The summed E-state index contributed by atoms with van der Waals surface area (Å²) in [5, 5.41) is 0. The molecule has 0 N–H and O–H groups in total. The predicted molar refractivity (Wildman–Crippen MR) is 65.9 cm³/mol. The number of allylic oxidation sites excluding steroid dienone is 1. The molecule has 0 heterocycles. The summed E-state index contributed by atoms with van der Waals surface area (Å²) in [5.41, 5.74) is 0. The summed E-state index contributed by atoms with van der Waals surface area (Å²) >= 11 is 0.